The Morgan fingerprint density at radius 3 is 2.71 bits per heavy atom. The quantitative estimate of drug-likeness (QED) is 0.813. The Bertz CT molecular complexity index is 790. The molecular weight excluding hydrogens is 288 g/mol. The van der Waals surface area contributed by atoms with E-state index >= 15 is 0 Å². The number of hydrogen-bond acceptors (Lipinski definition) is 4. The summed E-state index contributed by atoms with van der Waals surface area (Å²) in [5.74, 6) is -0.154. The average Bonchev–Trinajstić information content (AvgIpc) is 2.92. The molecule has 1 aliphatic heterocycles. The molecule has 5 nitrogen and oxygen atoms in total. The van der Waals surface area contributed by atoms with Gasteiger partial charge in [0.05, 0.1) is 17.1 Å². The van der Waals surface area contributed by atoms with E-state index in [0.29, 0.717) is 12.1 Å². The van der Waals surface area contributed by atoms with Crippen LogP contribution in [0.2, 0.25) is 0 Å². The third-order valence-electron chi connectivity index (χ3n) is 3.54. The molecule has 0 spiro atoms. The molecule has 0 bridgehead atoms. The van der Waals surface area contributed by atoms with Gasteiger partial charge in [0, 0.05) is 18.3 Å². The Labute approximate surface area is 123 Å². The van der Waals surface area contributed by atoms with E-state index < -0.39 is 10.0 Å². The van der Waals surface area contributed by atoms with Crippen LogP contribution in [0.25, 0.3) is 0 Å². The molecule has 2 aromatic rings. The number of hydrogen-bond donors (Lipinski definition) is 0. The van der Waals surface area contributed by atoms with Crippen molar-refractivity contribution in [2.45, 2.75) is 24.9 Å². The second kappa shape index (κ2) is 5.05. The molecule has 0 N–H and O–H groups in total. The first-order chi connectivity index (χ1) is 9.98. The third kappa shape index (κ3) is 2.48. The molecule has 3 rings (SSSR count). The molecule has 0 unspecified atom stereocenters. The van der Waals surface area contributed by atoms with Crippen LogP contribution < -0.4 is 0 Å². The Balaban J connectivity index is 1.96. The van der Waals surface area contributed by atoms with Crippen molar-refractivity contribution >= 4 is 15.8 Å². The Hall–Kier alpha value is -2.05. The minimum Gasteiger partial charge on any atom is -0.295 e. The summed E-state index contributed by atoms with van der Waals surface area (Å²) >= 11 is 0. The molecule has 108 valence electrons. The number of nitrogens with zero attached hydrogens (tertiary/aromatic N) is 2. The van der Waals surface area contributed by atoms with Crippen LogP contribution in [0.15, 0.2) is 47.5 Å². The molecule has 21 heavy (non-hydrogen) atoms. The number of rotatable bonds is 3. The fraction of sp³-hybridized carbons (Fsp3) is 0.200. The van der Waals surface area contributed by atoms with Crippen molar-refractivity contribution in [3.63, 3.8) is 0 Å². The van der Waals surface area contributed by atoms with Crippen LogP contribution in [0.3, 0.4) is 0 Å². The molecule has 6 heteroatoms. The van der Waals surface area contributed by atoms with Crippen LogP contribution in [-0.4, -0.2) is 23.5 Å². The van der Waals surface area contributed by atoms with Crippen molar-refractivity contribution < 1.29 is 13.2 Å². The lowest BCUT2D eigenvalue weighted by Gasteiger charge is -2.15. The van der Waals surface area contributed by atoms with Gasteiger partial charge in [0.1, 0.15) is 0 Å². The molecule has 0 saturated heterocycles. The zero-order valence-electron chi connectivity index (χ0n) is 11.5. The van der Waals surface area contributed by atoms with Gasteiger partial charge in [-0.3, -0.25) is 9.78 Å². The highest BCUT2D eigenvalue weighted by Crippen LogP contribution is 2.27. The van der Waals surface area contributed by atoms with E-state index in [-0.39, 0.29) is 17.2 Å². The second-order valence-corrected chi connectivity index (χ2v) is 6.90. The van der Waals surface area contributed by atoms with Gasteiger partial charge in [0.25, 0.3) is 0 Å². The van der Waals surface area contributed by atoms with E-state index in [1.165, 1.54) is 23.4 Å². The summed E-state index contributed by atoms with van der Waals surface area (Å²) in [7, 11) is -3.62. The van der Waals surface area contributed by atoms with E-state index in [9.17, 15) is 13.2 Å². The van der Waals surface area contributed by atoms with Crippen LogP contribution in [0.1, 0.15) is 28.5 Å². The van der Waals surface area contributed by atoms with Gasteiger partial charge in [0.2, 0.25) is 10.0 Å². The summed E-state index contributed by atoms with van der Waals surface area (Å²) in [6.07, 6.45) is 1.66. The second-order valence-electron chi connectivity index (χ2n) is 4.97. The van der Waals surface area contributed by atoms with Crippen LogP contribution >= 0.6 is 0 Å². The number of aromatic nitrogens is 1. The maximum absolute atomic E-state index is 12.7. The molecule has 0 atom stereocenters. The van der Waals surface area contributed by atoms with Crippen LogP contribution in [-0.2, 0) is 23.1 Å². The molecule has 0 radical (unpaired) electrons. The summed E-state index contributed by atoms with van der Waals surface area (Å²) < 4.78 is 26.7. The van der Waals surface area contributed by atoms with E-state index in [2.05, 4.69) is 4.98 Å². The fourth-order valence-electron chi connectivity index (χ4n) is 2.37. The Morgan fingerprint density at radius 1 is 1.19 bits per heavy atom. The third-order valence-corrected chi connectivity index (χ3v) is 5.32. The van der Waals surface area contributed by atoms with Crippen molar-refractivity contribution in [3.8, 4) is 0 Å². The Kier molecular flexibility index (Phi) is 3.35. The first-order valence-corrected chi connectivity index (χ1v) is 7.96. The van der Waals surface area contributed by atoms with E-state index in [1.54, 1.807) is 24.4 Å². The molecular formula is C15H14N2O3S. The van der Waals surface area contributed by atoms with E-state index in [0.717, 1.165) is 11.3 Å². The number of carbonyl (C=O) groups excluding carboxylic acids is 1. The SMILES string of the molecule is CC(=O)c1cccc(S(=O)(=O)N2Cc3cccnc3C2)c1. The minimum absolute atomic E-state index is 0.142. The van der Waals surface area contributed by atoms with Gasteiger partial charge in [-0.15, -0.1) is 0 Å². The lowest BCUT2D eigenvalue weighted by Crippen LogP contribution is -2.25. The summed E-state index contributed by atoms with van der Waals surface area (Å²) in [5, 5.41) is 0. The van der Waals surface area contributed by atoms with Gasteiger partial charge < -0.3 is 0 Å². The lowest BCUT2D eigenvalue weighted by atomic mass is 10.2. The predicted molar refractivity (Wildman–Crippen MR) is 77.1 cm³/mol. The molecule has 0 saturated carbocycles. The van der Waals surface area contributed by atoms with E-state index in [4.69, 9.17) is 0 Å². The van der Waals surface area contributed by atoms with Crippen LogP contribution in [0.4, 0.5) is 0 Å². The number of ketones is 1. The van der Waals surface area contributed by atoms with Gasteiger partial charge in [-0.25, -0.2) is 8.42 Å². The first kappa shape index (κ1) is 13.9. The molecule has 1 aromatic carbocycles. The van der Waals surface area contributed by atoms with Gasteiger partial charge >= 0.3 is 0 Å². The standard InChI is InChI=1S/C15H14N2O3S/c1-11(18)12-4-2-6-14(8-12)21(19,20)17-9-13-5-3-7-16-15(13)10-17/h2-8H,9-10H2,1H3. The highest BCUT2D eigenvalue weighted by atomic mass is 32.2. The fourth-order valence-corrected chi connectivity index (χ4v) is 3.79. The number of Topliss-reactive ketones (excluding diaryl/α,β-unsaturated/α-hetero) is 1. The maximum atomic E-state index is 12.7. The summed E-state index contributed by atoms with van der Waals surface area (Å²) in [6.45, 7) is 2.00. The molecule has 1 aromatic heterocycles. The summed E-state index contributed by atoms with van der Waals surface area (Å²) in [6, 6.07) is 9.81. The highest BCUT2D eigenvalue weighted by molar-refractivity contribution is 7.89. The number of sulfonamides is 1. The average molecular weight is 302 g/mol. The molecule has 1 aliphatic rings. The first-order valence-electron chi connectivity index (χ1n) is 6.52. The normalized spacial score (nSPS) is 14.9. The predicted octanol–water partition coefficient (Wildman–Crippen LogP) is 1.99. The van der Waals surface area contributed by atoms with Gasteiger partial charge in [0.15, 0.2) is 5.78 Å². The van der Waals surface area contributed by atoms with Crippen molar-refractivity contribution in [1.82, 2.24) is 9.29 Å². The zero-order valence-corrected chi connectivity index (χ0v) is 12.3. The molecule has 0 amide bonds. The molecule has 0 aliphatic carbocycles. The smallest absolute Gasteiger partial charge is 0.243 e. The molecule has 0 fully saturated rings. The van der Waals surface area contributed by atoms with Gasteiger partial charge in [-0.05, 0) is 30.7 Å². The largest absolute Gasteiger partial charge is 0.295 e. The van der Waals surface area contributed by atoms with Crippen LogP contribution in [0.5, 0.6) is 0 Å². The minimum atomic E-state index is -3.62. The van der Waals surface area contributed by atoms with Crippen LogP contribution in [0, 0.1) is 0 Å². The van der Waals surface area contributed by atoms with Gasteiger partial charge in [-0.1, -0.05) is 18.2 Å². The van der Waals surface area contributed by atoms with Crippen molar-refractivity contribution in [1.29, 1.82) is 0 Å². The Morgan fingerprint density at radius 2 is 2.00 bits per heavy atom. The number of benzene rings is 1. The lowest BCUT2D eigenvalue weighted by molar-refractivity contribution is 0.101. The highest BCUT2D eigenvalue weighted by Gasteiger charge is 2.31. The monoisotopic (exact) mass is 302 g/mol. The summed E-state index contributed by atoms with van der Waals surface area (Å²) in [5.41, 5.74) is 2.10. The van der Waals surface area contributed by atoms with Crippen molar-refractivity contribution in [2.24, 2.45) is 0 Å². The topological polar surface area (TPSA) is 67.3 Å². The molecule has 2 heterocycles. The number of pyridine rings is 1. The number of fused-ring (bicyclic) bond motifs is 1. The number of carbonyl (C=O) groups is 1. The van der Waals surface area contributed by atoms with Crippen molar-refractivity contribution in [2.75, 3.05) is 0 Å². The van der Waals surface area contributed by atoms with Gasteiger partial charge in [-0.2, -0.15) is 4.31 Å². The maximum Gasteiger partial charge on any atom is 0.243 e. The van der Waals surface area contributed by atoms with E-state index in [1.807, 2.05) is 6.07 Å². The zero-order chi connectivity index (χ0) is 15.0. The summed E-state index contributed by atoms with van der Waals surface area (Å²) in [4.78, 5) is 15.7. The van der Waals surface area contributed by atoms with Crippen molar-refractivity contribution in [3.05, 3.63) is 59.4 Å².